The van der Waals surface area contributed by atoms with Gasteiger partial charge in [-0.15, -0.1) is 0 Å². The summed E-state index contributed by atoms with van der Waals surface area (Å²) in [6.07, 6.45) is 4.63. The molecule has 0 saturated heterocycles. The second-order valence-electron chi connectivity index (χ2n) is 9.43. The molecular formula is C19H35N3. The van der Waals surface area contributed by atoms with Crippen LogP contribution in [0.1, 0.15) is 86.7 Å². The second-order valence-corrected chi connectivity index (χ2v) is 9.43. The van der Waals surface area contributed by atoms with Crippen molar-refractivity contribution in [2.45, 2.75) is 97.6 Å². The SMILES string of the molecule is CC(C)(C)NC1CC1.CC(C)(C)c1ccnc(C(C)(C)C)n1. The Balaban J connectivity index is 0.000000255. The smallest absolute Gasteiger partial charge is 0.133 e. The largest absolute Gasteiger partial charge is 0.309 e. The quantitative estimate of drug-likeness (QED) is 0.823. The lowest BCUT2D eigenvalue weighted by Crippen LogP contribution is -2.37. The highest BCUT2D eigenvalue weighted by molar-refractivity contribution is 5.15. The summed E-state index contributed by atoms with van der Waals surface area (Å²) in [5, 5.41) is 3.49. The minimum Gasteiger partial charge on any atom is -0.309 e. The van der Waals surface area contributed by atoms with Gasteiger partial charge >= 0.3 is 0 Å². The highest BCUT2D eigenvalue weighted by atomic mass is 15.0. The van der Waals surface area contributed by atoms with Crippen molar-refractivity contribution in [2.75, 3.05) is 0 Å². The average Bonchev–Trinajstić information content (AvgIpc) is 3.09. The molecule has 1 N–H and O–H groups in total. The Bertz CT molecular complexity index is 439. The van der Waals surface area contributed by atoms with Crippen molar-refractivity contribution in [2.24, 2.45) is 0 Å². The third-order valence-corrected chi connectivity index (χ3v) is 3.31. The van der Waals surface area contributed by atoms with Crippen molar-refractivity contribution in [3.05, 3.63) is 23.8 Å². The molecule has 0 atom stereocenters. The van der Waals surface area contributed by atoms with E-state index in [9.17, 15) is 0 Å². The fourth-order valence-electron chi connectivity index (χ4n) is 1.98. The minimum atomic E-state index is 0.0290. The first-order chi connectivity index (χ1) is 9.79. The lowest BCUT2D eigenvalue weighted by Gasteiger charge is -2.22. The van der Waals surface area contributed by atoms with Crippen LogP contribution in [0.15, 0.2) is 12.3 Å². The van der Waals surface area contributed by atoms with Crippen molar-refractivity contribution in [3.63, 3.8) is 0 Å². The summed E-state index contributed by atoms with van der Waals surface area (Å²) >= 11 is 0. The Hall–Kier alpha value is -0.960. The normalized spacial score (nSPS) is 16.0. The van der Waals surface area contributed by atoms with E-state index < -0.39 is 0 Å². The maximum absolute atomic E-state index is 4.60. The first kappa shape index (κ1) is 19.1. The van der Waals surface area contributed by atoms with Crippen LogP contribution in [-0.4, -0.2) is 21.5 Å². The zero-order valence-corrected chi connectivity index (χ0v) is 16.0. The van der Waals surface area contributed by atoms with Crippen molar-refractivity contribution in [3.8, 4) is 0 Å². The Morgan fingerprint density at radius 1 is 0.909 bits per heavy atom. The molecule has 2 rings (SSSR count). The highest BCUT2D eigenvalue weighted by Gasteiger charge is 2.25. The highest BCUT2D eigenvalue weighted by Crippen LogP contribution is 2.23. The van der Waals surface area contributed by atoms with E-state index in [2.05, 4.69) is 77.6 Å². The van der Waals surface area contributed by atoms with Gasteiger partial charge in [0.15, 0.2) is 0 Å². The van der Waals surface area contributed by atoms with E-state index in [0.717, 1.165) is 17.6 Å². The molecule has 1 aromatic rings. The van der Waals surface area contributed by atoms with Gasteiger partial charge in [0.1, 0.15) is 5.82 Å². The summed E-state index contributed by atoms with van der Waals surface area (Å²) in [4.78, 5) is 8.92. The topological polar surface area (TPSA) is 37.8 Å². The van der Waals surface area contributed by atoms with Crippen LogP contribution in [0.2, 0.25) is 0 Å². The molecule has 0 bridgehead atoms. The first-order valence-electron chi connectivity index (χ1n) is 8.41. The average molecular weight is 306 g/mol. The van der Waals surface area contributed by atoms with Gasteiger partial charge in [-0.3, -0.25) is 0 Å². The van der Waals surface area contributed by atoms with Crippen LogP contribution in [-0.2, 0) is 10.8 Å². The summed E-state index contributed by atoms with van der Waals surface area (Å²) in [6.45, 7) is 19.5. The molecule has 0 aromatic carbocycles. The van der Waals surface area contributed by atoms with Gasteiger partial charge in [-0.2, -0.15) is 0 Å². The summed E-state index contributed by atoms with van der Waals surface area (Å²) in [5.41, 5.74) is 1.57. The van der Waals surface area contributed by atoms with E-state index in [-0.39, 0.29) is 10.8 Å². The molecule has 1 heterocycles. The monoisotopic (exact) mass is 305 g/mol. The van der Waals surface area contributed by atoms with Gasteiger partial charge in [-0.25, -0.2) is 9.97 Å². The standard InChI is InChI=1S/C12H20N2.C7H15N/c1-11(2,3)9-7-8-13-10(14-9)12(4,5)6;1-7(2,3)8-6-4-5-6/h7-8H,1-6H3;6,8H,4-5H2,1-3H3. The molecule has 22 heavy (non-hydrogen) atoms. The molecule has 3 nitrogen and oxygen atoms in total. The van der Waals surface area contributed by atoms with E-state index >= 15 is 0 Å². The minimum absolute atomic E-state index is 0.0290. The number of nitrogens with zero attached hydrogens (tertiary/aromatic N) is 2. The van der Waals surface area contributed by atoms with E-state index in [4.69, 9.17) is 0 Å². The predicted molar refractivity (Wildman–Crippen MR) is 95.3 cm³/mol. The lowest BCUT2D eigenvalue weighted by atomic mass is 9.90. The number of nitrogens with one attached hydrogen (secondary N) is 1. The molecule has 0 aliphatic heterocycles. The molecule has 0 spiro atoms. The summed E-state index contributed by atoms with van der Waals surface area (Å²) in [7, 11) is 0. The lowest BCUT2D eigenvalue weighted by molar-refractivity contribution is 0.422. The van der Waals surface area contributed by atoms with E-state index in [0.29, 0.717) is 5.54 Å². The Labute approximate surface area is 137 Å². The Morgan fingerprint density at radius 2 is 1.45 bits per heavy atom. The molecule has 1 aromatic heterocycles. The van der Waals surface area contributed by atoms with E-state index in [1.165, 1.54) is 12.8 Å². The third kappa shape index (κ3) is 7.35. The van der Waals surface area contributed by atoms with Gasteiger partial charge in [-0.05, 0) is 39.7 Å². The van der Waals surface area contributed by atoms with Gasteiger partial charge in [0.2, 0.25) is 0 Å². The van der Waals surface area contributed by atoms with Crippen LogP contribution in [0.4, 0.5) is 0 Å². The molecule has 126 valence electrons. The van der Waals surface area contributed by atoms with Gasteiger partial charge in [0.25, 0.3) is 0 Å². The number of rotatable bonds is 1. The summed E-state index contributed by atoms with van der Waals surface area (Å²) in [5.74, 6) is 0.921. The van der Waals surface area contributed by atoms with Crippen LogP contribution in [0.5, 0.6) is 0 Å². The molecule has 1 fully saturated rings. The predicted octanol–water partition coefficient (Wildman–Crippen LogP) is 4.61. The molecule has 1 aliphatic rings. The van der Waals surface area contributed by atoms with Crippen LogP contribution in [0.25, 0.3) is 0 Å². The first-order valence-corrected chi connectivity index (χ1v) is 8.41. The molecule has 1 aliphatic carbocycles. The molecule has 3 heteroatoms. The molecule has 0 radical (unpaired) electrons. The third-order valence-electron chi connectivity index (χ3n) is 3.31. The van der Waals surface area contributed by atoms with Crippen LogP contribution < -0.4 is 5.32 Å². The van der Waals surface area contributed by atoms with E-state index in [1.807, 2.05) is 12.3 Å². The van der Waals surface area contributed by atoms with Gasteiger partial charge in [0.05, 0.1) is 0 Å². The van der Waals surface area contributed by atoms with Crippen molar-refractivity contribution in [1.82, 2.24) is 15.3 Å². The van der Waals surface area contributed by atoms with Crippen LogP contribution in [0.3, 0.4) is 0 Å². The fourth-order valence-corrected chi connectivity index (χ4v) is 1.98. The zero-order chi connectivity index (χ0) is 17.2. The molecular weight excluding hydrogens is 270 g/mol. The van der Waals surface area contributed by atoms with Gasteiger partial charge in [-0.1, -0.05) is 41.5 Å². The van der Waals surface area contributed by atoms with Gasteiger partial charge in [0, 0.05) is 34.3 Å². The fraction of sp³-hybridized carbons (Fsp3) is 0.789. The number of hydrogen-bond acceptors (Lipinski definition) is 3. The van der Waals surface area contributed by atoms with Gasteiger partial charge < -0.3 is 5.32 Å². The Morgan fingerprint density at radius 3 is 1.77 bits per heavy atom. The summed E-state index contributed by atoms with van der Waals surface area (Å²) in [6, 6.07) is 2.84. The summed E-state index contributed by atoms with van der Waals surface area (Å²) < 4.78 is 0. The van der Waals surface area contributed by atoms with Crippen LogP contribution in [0, 0.1) is 0 Å². The van der Waals surface area contributed by atoms with Crippen molar-refractivity contribution >= 4 is 0 Å². The second kappa shape index (κ2) is 6.66. The Kier molecular flexibility index (Phi) is 5.77. The number of aromatic nitrogens is 2. The van der Waals surface area contributed by atoms with Crippen molar-refractivity contribution < 1.29 is 0 Å². The van der Waals surface area contributed by atoms with Crippen molar-refractivity contribution in [1.29, 1.82) is 0 Å². The number of hydrogen-bond donors (Lipinski definition) is 1. The molecule has 1 saturated carbocycles. The van der Waals surface area contributed by atoms with Crippen LogP contribution >= 0.6 is 0 Å². The maximum Gasteiger partial charge on any atom is 0.133 e. The molecule has 0 amide bonds. The molecule has 0 unspecified atom stereocenters. The van der Waals surface area contributed by atoms with E-state index in [1.54, 1.807) is 0 Å². The zero-order valence-electron chi connectivity index (χ0n) is 16.0. The maximum atomic E-state index is 4.60.